The van der Waals surface area contributed by atoms with E-state index in [9.17, 15) is 30.0 Å². The molecule has 0 aromatic carbocycles. The number of amides is 2. The number of nitrogens with two attached hydrogens (primary N) is 1. The molecule has 0 radical (unpaired) electrons. The van der Waals surface area contributed by atoms with Crippen molar-refractivity contribution in [3.05, 3.63) is 11.9 Å². The molecule has 1 unspecified atom stereocenters. The van der Waals surface area contributed by atoms with Crippen molar-refractivity contribution < 1.29 is 34.5 Å². The van der Waals surface area contributed by atoms with E-state index in [4.69, 9.17) is 5.73 Å². The number of primary amides is 1. The summed E-state index contributed by atoms with van der Waals surface area (Å²) in [6.45, 7) is -1.61. The van der Waals surface area contributed by atoms with Gasteiger partial charge in [-0.15, -0.1) is 0 Å². The van der Waals surface area contributed by atoms with Gasteiger partial charge in [0, 0.05) is 7.05 Å². The third kappa shape index (κ3) is 4.16. The van der Waals surface area contributed by atoms with Gasteiger partial charge in [0.05, 0.1) is 39.5 Å². The van der Waals surface area contributed by atoms with Crippen LogP contribution in [0.15, 0.2) is 16.9 Å². The first-order chi connectivity index (χ1) is 11.2. The Morgan fingerprint density at radius 3 is 2.21 bits per heavy atom. The molecule has 0 fully saturated rings. The molecule has 1 rings (SSSR count). The van der Waals surface area contributed by atoms with Crippen LogP contribution in [-0.4, -0.2) is 106 Å². The number of carbonyl (C=O) groups excluding carboxylic acids is 2. The van der Waals surface area contributed by atoms with Gasteiger partial charge in [0.1, 0.15) is 18.8 Å². The van der Waals surface area contributed by atoms with Gasteiger partial charge in [-0.05, 0) is 0 Å². The van der Waals surface area contributed by atoms with Gasteiger partial charge in [-0.3, -0.25) is 14.1 Å². The van der Waals surface area contributed by atoms with Crippen LogP contribution in [0.2, 0.25) is 0 Å². The van der Waals surface area contributed by atoms with Crippen LogP contribution in [-0.2, 0) is 9.59 Å². The second kappa shape index (κ2) is 8.31. The van der Waals surface area contributed by atoms with E-state index in [1.807, 2.05) is 0 Å². The first-order valence-corrected chi connectivity index (χ1v) is 7.39. The summed E-state index contributed by atoms with van der Waals surface area (Å²) in [5.74, 6) is -1.43. The van der Waals surface area contributed by atoms with E-state index in [1.165, 1.54) is 13.2 Å². The highest BCUT2D eigenvalue weighted by molar-refractivity contribution is 6.39. The minimum Gasteiger partial charge on any atom is -0.394 e. The third-order valence-electron chi connectivity index (χ3n) is 4.21. The number of hydrogen-bond acceptors (Lipinski definition) is 7. The molecule has 0 aromatic rings. The average molecular weight is 345 g/mol. The smallest absolute Gasteiger partial charge is 0.278 e. The molecular weight excluding hydrogens is 320 g/mol. The number of likely N-dealkylation sites (N-methyl/N-ethyl adjacent to an activating group) is 2. The molecule has 10 heteroatoms. The SMILES string of the molecule is CN(C(=O)C1=C[N+](C)(C(CO)CO)CC(C(N)=O)=N1)C(CO)CO. The van der Waals surface area contributed by atoms with E-state index in [-0.39, 0.29) is 35.7 Å². The summed E-state index contributed by atoms with van der Waals surface area (Å²) >= 11 is 0. The Morgan fingerprint density at radius 1 is 1.25 bits per heavy atom. The van der Waals surface area contributed by atoms with E-state index >= 15 is 0 Å². The number of carbonyl (C=O) groups is 2. The van der Waals surface area contributed by atoms with Crippen molar-refractivity contribution in [2.75, 3.05) is 47.1 Å². The topological polar surface area (TPSA) is 157 Å². The van der Waals surface area contributed by atoms with E-state index < -0.39 is 37.1 Å². The predicted molar refractivity (Wildman–Crippen MR) is 84.5 cm³/mol. The molecule has 6 N–H and O–H groups in total. The predicted octanol–water partition coefficient (Wildman–Crippen LogP) is -3.62. The van der Waals surface area contributed by atoms with Gasteiger partial charge in [-0.2, -0.15) is 0 Å². The van der Waals surface area contributed by atoms with Crippen LogP contribution in [0.3, 0.4) is 0 Å². The zero-order chi connectivity index (χ0) is 18.5. The molecule has 136 valence electrons. The largest absolute Gasteiger partial charge is 0.394 e. The van der Waals surface area contributed by atoms with Gasteiger partial charge in [0.15, 0.2) is 11.4 Å². The quantitative estimate of drug-likeness (QED) is 0.286. The summed E-state index contributed by atoms with van der Waals surface area (Å²) in [6.07, 6.45) is 1.42. The zero-order valence-electron chi connectivity index (χ0n) is 13.8. The number of aliphatic imine (C=N–C) groups is 1. The van der Waals surface area contributed by atoms with Gasteiger partial charge in [0.25, 0.3) is 11.8 Å². The summed E-state index contributed by atoms with van der Waals surface area (Å²) in [7, 11) is 3.01. The summed E-state index contributed by atoms with van der Waals surface area (Å²) < 4.78 is -0.132. The Labute approximate surface area is 139 Å². The molecule has 1 heterocycles. The first-order valence-electron chi connectivity index (χ1n) is 7.39. The number of quaternary nitrogens is 1. The molecule has 0 spiro atoms. The molecule has 0 saturated heterocycles. The lowest BCUT2D eigenvalue weighted by atomic mass is 10.1. The standard InChI is InChI=1S/C14H24N4O6/c1-17(9(5-19)6-20)14(24)12-4-18(2,10(7-21)8-22)3-11(16-12)13(15)23/h4,9-10,19-22H,3,5-8H2,1-2H3,(H-,15,23)/p+1. The lowest BCUT2D eigenvalue weighted by molar-refractivity contribution is -0.878. The van der Waals surface area contributed by atoms with Crippen molar-refractivity contribution in [2.45, 2.75) is 12.1 Å². The van der Waals surface area contributed by atoms with Crippen LogP contribution in [0, 0.1) is 0 Å². The number of nitrogens with zero attached hydrogens (tertiary/aromatic N) is 3. The van der Waals surface area contributed by atoms with Gasteiger partial charge in [-0.1, -0.05) is 0 Å². The fourth-order valence-corrected chi connectivity index (χ4v) is 2.41. The fourth-order valence-electron chi connectivity index (χ4n) is 2.41. The highest BCUT2D eigenvalue weighted by Crippen LogP contribution is 2.21. The average Bonchev–Trinajstić information content (AvgIpc) is 2.55. The number of hydrogen-bond donors (Lipinski definition) is 5. The van der Waals surface area contributed by atoms with Crippen LogP contribution in [0.5, 0.6) is 0 Å². The Balaban J connectivity index is 3.27. The molecule has 0 aromatic heterocycles. The Kier molecular flexibility index (Phi) is 6.99. The molecule has 0 aliphatic carbocycles. The second-order valence-corrected chi connectivity index (χ2v) is 5.90. The maximum Gasteiger partial charge on any atom is 0.278 e. The molecule has 0 bridgehead atoms. The Bertz CT molecular complexity index is 541. The highest BCUT2D eigenvalue weighted by Gasteiger charge is 2.39. The molecule has 1 atom stereocenters. The Morgan fingerprint density at radius 2 is 1.79 bits per heavy atom. The molecular formula is C14H25N4O6+. The van der Waals surface area contributed by atoms with Crippen molar-refractivity contribution >= 4 is 17.5 Å². The van der Waals surface area contributed by atoms with Crippen LogP contribution < -0.4 is 5.73 Å². The van der Waals surface area contributed by atoms with E-state index in [0.29, 0.717) is 0 Å². The van der Waals surface area contributed by atoms with Gasteiger partial charge in [0.2, 0.25) is 0 Å². The lowest BCUT2D eigenvalue weighted by Crippen LogP contribution is -2.58. The summed E-state index contributed by atoms with van der Waals surface area (Å²) in [5, 5.41) is 37.3. The maximum absolute atomic E-state index is 12.6. The number of aliphatic hydroxyl groups is 4. The van der Waals surface area contributed by atoms with Gasteiger partial charge >= 0.3 is 0 Å². The highest BCUT2D eigenvalue weighted by atomic mass is 16.3. The minimum atomic E-state index is -0.821. The number of rotatable bonds is 8. The molecule has 2 amide bonds. The number of aliphatic hydroxyl groups excluding tert-OH is 4. The molecule has 0 saturated carbocycles. The van der Waals surface area contributed by atoms with Crippen molar-refractivity contribution in [3.8, 4) is 0 Å². The molecule has 1 aliphatic heterocycles. The second-order valence-electron chi connectivity index (χ2n) is 5.90. The normalized spacial score (nSPS) is 20.8. The first kappa shape index (κ1) is 20.2. The summed E-state index contributed by atoms with van der Waals surface area (Å²) in [6, 6.07) is -1.49. The van der Waals surface area contributed by atoms with Crippen LogP contribution >= 0.6 is 0 Å². The molecule has 24 heavy (non-hydrogen) atoms. The fraction of sp³-hybridized carbons (Fsp3) is 0.643. The van der Waals surface area contributed by atoms with Crippen molar-refractivity contribution in [1.29, 1.82) is 0 Å². The van der Waals surface area contributed by atoms with Crippen molar-refractivity contribution in [1.82, 2.24) is 4.90 Å². The molecule has 10 nitrogen and oxygen atoms in total. The van der Waals surface area contributed by atoms with Gasteiger partial charge < -0.3 is 31.1 Å². The summed E-state index contributed by atoms with van der Waals surface area (Å²) in [4.78, 5) is 29.2. The van der Waals surface area contributed by atoms with Gasteiger partial charge in [-0.25, -0.2) is 4.99 Å². The maximum atomic E-state index is 12.6. The van der Waals surface area contributed by atoms with Crippen molar-refractivity contribution in [2.24, 2.45) is 10.7 Å². The van der Waals surface area contributed by atoms with Crippen LogP contribution in [0.4, 0.5) is 0 Å². The minimum absolute atomic E-state index is 0.0189. The van der Waals surface area contributed by atoms with Crippen LogP contribution in [0.25, 0.3) is 0 Å². The molecule has 1 aliphatic rings. The van der Waals surface area contributed by atoms with E-state index in [2.05, 4.69) is 4.99 Å². The third-order valence-corrected chi connectivity index (χ3v) is 4.21. The summed E-state index contributed by atoms with van der Waals surface area (Å²) in [5.41, 5.74) is 5.11. The zero-order valence-corrected chi connectivity index (χ0v) is 13.8. The van der Waals surface area contributed by atoms with Crippen molar-refractivity contribution in [3.63, 3.8) is 0 Å². The monoisotopic (exact) mass is 345 g/mol. The van der Waals surface area contributed by atoms with E-state index in [0.717, 1.165) is 4.90 Å². The lowest BCUT2D eigenvalue weighted by Gasteiger charge is -2.39. The van der Waals surface area contributed by atoms with Crippen LogP contribution in [0.1, 0.15) is 0 Å². The van der Waals surface area contributed by atoms with E-state index in [1.54, 1.807) is 7.05 Å². The Hall–Kier alpha value is -1.85.